The number of hydrogen-bond donors (Lipinski definition) is 0. The van der Waals surface area contributed by atoms with E-state index in [4.69, 9.17) is 13.1 Å². The lowest BCUT2D eigenvalue weighted by molar-refractivity contribution is 0.397. The summed E-state index contributed by atoms with van der Waals surface area (Å²) in [5.74, 6) is 0. The Hall–Kier alpha value is -2.70. The minimum atomic E-state index is 0.0267. The van der Waals surface area contributed by atoms with Crippen LogP contribution in [0.2, 0.25) is 0 Å². The molecule has 0 unspecified atom stereocenters. The van der Waals surface area contributed by atoms with Gasteiger partial charge >= 0.3 is 0 Å². The van der Waals surface area contributed by atoms with Gasteiger partial charge in [-0.25, -0.2) is 0 Å². The van der Waals surface area contributed by atoms with Gasteiger partial charge < -0.3 is 0 Å². The fourth-order valence-corrected chi connectivity index (χ4v) is 9.71. The van der Waals surface area contributed by atoms with Gasteiger partial charge in [0.15, 0.2) is 0 Å². The van der Waals surface area contributed by atoms with E-state index in [0.29, 0.717) is 0 Å². The first-order valence-corrected chi connectivity index (χ1v) is 19.9. The Morgan fingerprint density at radius 1 is 0.522 bits per heavy atom. The average Bonchev–Trinajstić information content (AvgIpc) is 3.86. The molecular formula is C40H50N4S2. The number of unbranched alkanes of at least 4 members (excludes halogenated alkanes) is 14. The van der Waals surface area contributed by atoms with Gasteiger partial charge in [0, 0.05) is 16.5 Å². The Bertz CT molecular complexity index is 1760. The van der Waals surface area contributed by atoms with Crippen molar-refractivity contribution >= 4 is 45.5 Å². The quantitative estimate of drug-likeness (QED) is 0.0869. The molecule has 0 radical (unpaired) electrons. The number of nitrogens with zero attached hydrogens (tertiary/aromatic N) is 4. The zero-order chi connectivity index (χ0) is 31.3. The zero-order valence-corrected chi connectivity index (χ0v) is 29.6. The van der Waals surface area contributed by atoms with Crippen molar-refractivity contribution in [3.05, 3.63) is 58.7 Å². The molecule has 0 spiro atoms. The second-order valence-corrected chi connectivity index (χ2v) is 15.2. The van der Waals surface area contributed by atoms with Gasteiger partial charge in [0.1, 0.15) is 22.1 Å². The van der Waals surface area contributed by atoms with Crippen LogP contribution in [-0.2, 0) is 11.8 Å². The van der Waals surface area contributed by atoms with Gasteiger partial charge in [-0.05, 0) is 76.9 Å². The lowest BCUT2D eigenvalue weighted by Gasteiger charge is -2.33. The molecule has 0 saturated heterocycles. The maximum Gasteiger partial charge on any atom is 0.112 e. The van der Waals surface area contributed by atoms with E-state index in [9.17, 15) is 0 Å². The van der Waals surface area contributed by atoms with E-state index in [1.54, 1.807) is 5.56 Å². The fraction of sp³-hybridized carbons (Fsp3) is 0.550. The average molecular weight is 651 g/mol. The number of aromatic nitrogens is 4. The Balaban J connectivity index is 1.24. The summed E-state index contributed by atoms with van der Waals surface area (Å²) in [6.45, 7) is 4.62. The molecule has 242 valence electrons. The van der Waals surface area contributed by atoms with E-state index in [1.165, 1.54) is 178 Å². The van der Waals surface area contributed by atoms with Gasteiger partial charge in [0.05, 0.1) is 23.5 Å². The van der Waals surface area contributed by atoms with Crippen molar-refractivity contribution in [3.8, 4) is 22.3 Å². The molecule has 2 heterocycles. The smallest absolute Gasteiger partial charge is 0.112 e. The number of rotatable bonds is 18. The summed E-state index contributed by atoms with van der Waals surface area (Å²) in [6, 6.07) is 14.3. The molecule has 4 nitrogen and oxygen atoms in total. The third-order valence-corrected chi connectivity index (χ3v) is 12.1. The van der Waals surface area contributed by atoms with Gasteiger partial charge in [-0.1, -0.05) is 129 Å². The summed E-state index contributed by atoms with van der Waals surface area (Å²) < 4.78 is 19.0. The molecule has 0 saturated carbocycles. The van der Waals surface area contributed by atoms with Crippen LogP contribution in [0.5, 0.6) is 0 Å². The van der Waals surface area contributed by atoms with Gasteiger partial charge in [0.2, 0.25) is 0 Å². The lowest BCUT2D eigenvalue weighted by Crippen LogP contribution is -2.25. The van der Waals surface area contributed by atoms with Gasteiger partial charge in [-0.2, -0.15) is 17.5 Å². The largest absolute Gasteiger partial charge is 0.173 e. The highest BCUT2D eigenvalue weighted by molar-refractivity contribution is 7.00. The van der Waals surface area contributed by atoms with Crippen molar-refractivity contribution in [2.75, 3.05) is 0 Å². The SMILES string of the molecule is CCCCCCCCCCC1(CCCCCCCCCC)c2cc3c(cc2-c2c1ccc1nsnc21)Cc1ccc2nsnc2c1-3. The van der Waals surface area contributed by atoms with Crippen molar-refractivity contribution < 1.29 is 0 Å². The fourth-order valence-electron chi connectivity index (χ4n) is 8.63. The number of fused-ring (bicyclic) bond motifs is 10. The van der Waals surface area contributed by atoms with Crippen LogP contribution in [0.1, 0.15) is 152 Å². The minimum Gasteiger partial charge on any atom is -0.173 e. The predicted octanol–water partition coefficient (Wildman–Crippen LogP) is 12.6. The normalized spacial score (nSPS) is 14.2. The first-order chi connectivity index (χ1) is 22.7. The topological polar surface area (TPSA) is 51.6 Å². The van der Waals surface area contributed by atoms with E-state index in [1.807, 2.05) is 0 Å². The summed E-state index contributed by atoms with van der Waals surface area (Å²) in [5.41, 5.74) is 15.7. The van der Waals surface area contributed by atoms with Crippen molar-refractivity contribution in [1.82, 2.24) is 17.5 Å². The van der Waals surface area contributed by atoms with Crippen molar-refractivity contribution in [2.24, 2.45) is 0 Å². The molecular weight excluding hydrogens is 601 g/mol. The van der Waals surface area contributed by atoms with Crippen LogP contribution in [0.25, 0.3) is 44.3 Å². The van der Waals surface area contributed by atoms with E-state index >= 15 is 0 Å². The molecule has 5 aromatic rings. The number of benzene rings is 3. The van der Waals surface area contributed by atoms with E-state index in [-0.39, 0.29) is 5.41 Å². The summed E-state index contributed by atoms with van der Waals surface area (Å²) in [7, 11) is 0. The molecule has 0 aliphatic heterocycles. The Morgan fingerprint density at radius 2 is 1.07 bits per heavy atom. The molecule has 0 atom stereocenters. The lowest BCUT2D eigenvalue weighted by atomic mass is 9.70. The van der Waals surface area contributed by atoms with Crippen LogP contribution in [0.3, 0.4) is 0 Å². The van der Waals surface area contributed by atoms with Crippen molar-refractivity contribution in [1.29, 1.82) is 0 Å². The summed E-state index contributed by atoms with van der Waals surface area (Å²) in [4.78, 5) is 0. The molecule has 0 fully saturated rings. The van der Waals surface area contributed by atoms with Gasteiger partial charge in [-0.15, -0.1) is 0 Å². The molecule has 0 bridgehead atoms. The van der Waals surface area contributed by atoms with Crippen LogP contribution in [0.4, 0.5) is 0 Å². The Labute approximate surface area is 284 Å². The van der Waals surface area contributed by atoms with Crippen LogP contribution in [-0.4, -0.2) is 17.5 Å². The Kier molecular flexibility index (Phi) is 10.1. The van der Waals surface area contributed by atoms with Gasteiger partial charge in [-0.3, -0.25) is 0 Å². The van der Waals surface area contributed by atoms with Crippen LogP contribution >= 0.6 is 23.5 Å². The second-order valence-electron chi connectivity index (χ2n) is 14.1. The molecule has 7 rings (SSSR count). The maximum atomic E-state index is 4.93. The predicted molar refractivity (Wildman–Crippen MR) is 197 cm³/mol. The molecule has 46 heavy (non-hydrogen) atoms. The first kappa shape index (κ1) is 31.9. The molecule has 2 aromatic heterocycles. The van der Waals surface area contributed by atoms with Crippen LogP contribution < -0.4 is 0 Å². The molecule has 6 heteroatoms. The zero-order valence-electron chi connectivity index (χ0n) is 28.0. The molecule has 2 aliphatic carbocycles. The minimum absolute atomic E-state index is 0.0267. The highest BCUT2D eigenvalue weighted by Crippen LogP contribution is 2.58. The van der Waals surface area contributed by atoms with E-state index in [0.717, 1.165) is 28.5 Å². The van der Waals surface area contributed by atoms with Crippen molar-refractivity contribution in [3.63, 3.8) is 0 Å². The van der Waals surface area contributed by atoms with Crippen molar-refractivity contribution in [2.45, 2.75) is 141 Å². The third kappa shape index (κ3) is 6.05. The summed E-state index contributed by atoms with van der Waals surface area (Å²) in [5, 5.41) is 0. The maximum absolute atomic E-state index is 4.93. The highest BCUT2D eigenvalue weighted by Gasteiger charge is 2.44. The van der Waals surface area contributed by atoms with E-state index < -0.39 is 0 Å². The standard InChI is InChI=1S/C40H50N4S2/c1-3-5-7-9-11-13-15-17-23-40(24-18-16-14-12-10-8-6-4-2)32-20-22-35-39(44-46-42-35)37(32)31-26-29-25-28-19-21-34-38(43-45-41-34)36(28)30(29)27-33(31)40/h19-22,26-27H,3-18,23-25H2,1-2H3. The molecule has 2 aliphatic rings. The summed E-state index contributed by atoms with van der Waals surface area (Å²) >= 11 is 2.70. The van der Waals surface area contributed by atoms with E-state index in [2.05, 4.69) is 54.6 Å². The van der Waals surface area contributed by atoms with Crippen LogP contribution in [0, 0.1) is 0 Å². The summed E-state index contributed by atoms with van der Waals surface area (Å²) in [6.07, 6.45) is 25.1. The van der Waals surface area contributed by atoms with Crippen LogP contribution in [0.15, 0.2) is 36.4 Å². The second kappa shape index (κ2) is 14.6. The molecule has 3 aromatic carbocycles. The first-order valence-electron chi connectivity index (χ1n) is 18.4. The third-order valence-electron chi connectivity index (χ3n) is 11.1. The monoisotopic (exact) mass is 650 g/mol. The highest BCUT2D eigenvalue weighted by atomic mass is 32.1. The Morgan fingerprint density at radius 3 is 1.67 bits per heavy atom. The molecule has 0 amide bonds. The number of hydrogen-bond acceptors (Lipinski definition) is 6. The molecule has 0 N–H and O–H groups in total. The van der Waals surface area contributed by atoms with Gasteiger partial charge in [0.25, 0.3) is 0 Å².